The Kier molecular flexibility index (Phi) is 4.71. The molecular formula is C16H20NOP. The van der Waals surface area contributed by atoms with Crippen LogP contribution in [0.15, 0.2) is 60.7 Å². The van der Waals surface area contributed by atoms with Crippen LogP contribution in [0.1, 0.15) is 18.9 Å². The molecule has 2 N–H and O–H groups in total. The minimum Gasteiger partial charge on any atom is -0.371 e. The highest BCUT2D eigenvalue weighted by molar-refractivity contribution is 7.62. The molecule has 0 aliphatic carbocycles. The smallest absolute Gasteiger partial charge is 0.145 e. The summed E-state index contributed by atoms with van der Waals surface area (Å²) in [5, 5.41) is 15.5. The van der Waals surface area contributed by atoms with E-state index in [1.807, 2.05) is 55.5 Å². The lowest BCUT2D eigenvalue weighted by Gasteiger charge is -2.32. The van der Waals surface area contributed by atoms with Crippen molar-refractivity contribution in [2.45, 2.75) is 19.1 Å². The molecule has 0 fully saturated rings. The molecule has 2 atom stereocenters. The molecule has 2 aromatic rings. The van der Waals surface area contributed by atoms with Gasteiger partial charge in [0.25, 0.3) is 0 Å². The van der Waals surface area contributed by atoms with Crippen molar-refractivity contribution < 1.29 is 5.11 Å². The van der Waals surface area contributed by atoms with Crippen molar-refractivity contribution in [1.29, 1.82) is 0 Å². The summed E-state index contributed by atoms with van der Waals surface area (Å²) in [4.78, 5) is 0. The first-order valence-electron chi connectivity index (χ1n) is 6.50. The topological polar surface area (TPSA) is 32.3 Å². The van der Waals surface area contributed by atoms with E-state index in [2.05, 4.69) is 23.9 Å². The van der Waals surface area contributed by atoms with Crippen LogP contribution in [-0.4, -0.2) is 11.8 Å². The van der Waals surface area contributed by atoms with Crippen LogP contribution in [0.2, 0.25) is 0 Å². The number of aliphatic hydroxyl groups is 1. The third-order valence-corrected chi connectivity index (χ3v) is 5.04. The van der Waals surface area contributed by atoms with Gasteiger partial charge in [0.1, 0.15) is 5.72 Å². The van der Waals surface area contributed by atoms with E-state index >= 15 is 0 Å². The van der Waals surface area contributed by atoms with Crippen molar-refractivity contribution in [2.24, 2.45) is 0 Å². The minimum absolute atomic E-state index is 0.593. The van der Waals surface area contributed by atoms with Crippen molar-refractivity contribution in [3.63, 3.8) is 0 Å². The maximum atomic E-state index is 10.8. The van der Waals surface area contributed by atoms with Gasteiger partial charge in [-0.1, -0.05) is 67.6 Å². The van der Waals surface area contributed by atoms with Gasteiger partial charge in [-0.05, 0) is 32.0 Å². The zero-order valence-electron chi connectivity index (χ0n) is 11.4. The first kappa shape index (κ1) is 14.2. The molecule has 0 spiro atoms. The van der Waals surface area contributed by atoms with Crippen LogP contribution in [0.4, 0.5) is 0 Å². The minimum atomic E-state index is -0.961. The van der Waals surface area contributed by atoms with E-state index in [1.165, 1.54) is 5.30 Å². The SMILES string of the molecule is CCC(O)(NP(C)c1ccccc1)c1ccccc1. The fourth-order valence-electron chi connectivity index (χ4n) is 2.06. The van der Waals surface area contributed by atoms with Gasteiger partial charge in [-0.2, -0.15) is 0 Å². The Labute approximate surface area is 116 Å². The van der Waals surface area contributed by atoms with Gasteiger partial charge in [0.2, 0.25) is 0 Å². The molecule has 19 heavy (non-hydrogen) atoms. The molecule has 2 rings (SSSR count). The Morgan fingerprint density at radius 1 is 1.00 bits per heavy atom. The van der Waals surface area contributed by atoms with Crippen LogP contribution < -0.4 is 10.4 Å². The van der Waals surface area contributed by atoms with Crippen LogP contribution >= 0.6 is 8.07 Å². The molecule has 0 amide bonds. The summed E-state index contributed by atoms with van der Waals surface area (Å²) in [6.07, 6.45) is 0.635. The second kappa shape index (κ2) is 6.29. The van der Waals surface area contributed by atoms with Gasteiger partial charge < -0.3 is 5.11 Å². The van der Waals surface area contributed by atoms with Gasteiger partial charge in [0.15, 0.2) is 0 Å². The highest BCUT2D eigenvalue weighted by Gasteiger charge is 2.28. The summed E-state index contributed by atoms with van der Waals surface area (Å²) in [7, 11) is -0.593. The number of hydrogen-bond acceptors (Lipinski definition) is 2. The van der Waals surface area contributed by atoms with E-state index in [4.69, 9.17) is 0 Å². The Hall–Kier alpha value is -1.21. The zero-order valence-corrected chi connectivity index (χ0v) is 12.3. The standard InChI is InChI=1S/C16H20NOP/c1-3-16(18,14-10-6-4-7-11-14)17-19(2)15-12-8-5-9-13-15/h4-13,17-18H,3H2,1-2H3. The lowest BCUT2D eigenvalue weighted by atomic mass is 10.0. The highest BCUT2D eigenvalue weighted by atomic mass is 31.1. The van der Waals surface area contributed by atoms with Crippen LogP contribution in [0, 0.1) is 0 Å². The third-order valence-electron chi connectivity index (χ3n) is 3.26. The van der Waals surface area contributed by atoms with Gasteiger partial charge in [-0.15, -0.1) is 0 Å². The first-order valence-corrected chi connectivity index (χ1v) is 8.29. The molecule has 0 aliphatic rings. The fraction of sp³-hybridized carbons (Fsp3) is 0.250. The van der Waals surface area contributed by atoms with E-state index < -0.39 is 13.8 Å². The van der Waals surface area contributed by atoms with Crippen molar-refractivity contribution >= 4 is 13.4 Å². The summed E-state index contributed by atoms with van der Waals surface area (Å²) in [5.74, 6) is 0. The number of benzene rings is 2. The number of rotatable bonds is 5. The Bertz CT molecular complexity index is 503. The van der Waals surface area contributed by atoms with Gasteiger partial charge in [-0.25, -0.2) is 0 Å². The molecule has 0 aromatic heterocycles. The molecular weight excluding hydrogens is 253 g/mol. The molecule has 2 unspecified atom stereocenters. The van der Waals surface area contributed by atoms with Gasteiger partial charge in [0, 0.05) is 0 Å². The lowest BCUT2D eigenvalue weighted by Crippen LogP contribution is -2.39. The summed E-state index contributed by atoms with van der Waals surface area (Å²) in [6.45, 7) is 4.13. The van der Waals surface area contributed by atoms with E-state index in [-0.39, 0.29) is 0 Å². The van der Waals surface area contributed by atoms with E-state index in [1.54, 1.807) is 0 Å². The quantitative estimate of drug-likeness (QED) is 0.648. The van der Waals surface area contributed by atoms with Crippen LogP contribution in [0.25, 0.3) is 0 Å². The number of nitrogens with one attached hydrogen (secondary N) is 1. The predicted octanol–water partition coefficient (Wildman–Crippen LogP) is 3.18. The Morgan fingerprint density at radius 3 is 2.05 bits per heavy atom. The van der Waals surface area contributed by atoms with Crippen molar-refractivity contribution in [2.75, 3.05) is 6.66 Å². The Balaban J connectivity index is 2.20. The van der Waals surface area contributed by atoms with Gasteiger partial charge in [-0.3, -0.25) is 5.09 Å². The molecule has 0 heterocycles. The second-order valence-corrected chi connectivity index (χ2v) is 6.44. The van der Waals surface area contributed by atoms with Crippen LogP contribution in [-0.2, 0) is 5.72 Å². The number of hydrogen-bond donors (Lipinski definition) is 2. The van der Waals surface area contributed by atoms with E-state index in [9.17, 15) is 5.11 Å². The van der Waals surface area contributed by atoms with E-state index in [0.29, 0.717) is 6.42 Å². The molecule has 2 aromatic carbocycles. The van der Waals surface area contributed by atoms with Gasteiger partial charge >= 0.3 is 0 Å². The average molecular weight is 273 g/mol. The maximum Gasteiger partial charge on any atom is 0.145 e. The molecule has 0 aliphatic heterocycles. The van der Waals surface area contributed by atoms with Crippen molar-refractivity contribution in [3.05, 3.63) is 66.2 Å². The van der Waals surface area contributed by atoms with Gasteiger partial charge in [0.05, 0.1) is 0 Å². The normalized spacial score (nSPS) is 15.7. The summed E-state index contributed by atoms with van der Waals surface area (Å²) < 4.78 is 0. The molecule has 0 saturated carbocycles. The van der Waals surface area contributed by atoms with Crippen molar-refractivity contribution in [3.8, 4) is 0 Å². The maximum absolute atomic E-state index is 10.8. The molecule has 0 radical (unpaired) electrons. The van der Waals surface area contributed by atoms with Crippen LogP contribution in [0.3, 0.4) is 0 Å². The fourth-order valence-corrected chi connectivity index (χ4v) is 3.65. The van der Waals surface area contributed by atoms with Crippen LogP contribution in [0.5, 0.6) is 0 Å². The van der Waals surface area contributed by atoms with Crippen molar-refractivity contribution in [1.82, 2.24) is 5.09 Å². The largest absolute Gasteiger partial charge is 0.371 e. The summed E-state index contributed by atoms with van der Waals surface area (Å²) >= 11 is 0. The zero-order chi connectivity index (χ0) is 13.7. The monoisotopic (exact) mass is 273 g/mol. The Morgan fingerprint density at radius 2 is 1.53 bits per heavy atom. The summed E-state index contributed by atoms with van der Waals surface area (Å²) in [6, 6.07) is 20.1. The molecule has 3 heteroatoms. The van der Waals surface area contributed by atoms with E-state index in [0.717, 1.165) is 5.56 Å². The molecule has 0 saturated heterocycles. The molecule has 2 nitrogen and oxygen atoms in total. The first-order chi connectivity index (χ1) is 9.15. The lowest BCUT2D eigenvalue weighted by molar-refractivity contribution is 0.0220. The average Bonchev–Trinajstić information content (AvgIpc) is 2.49. The second-order valence-electron chi connectivity index (χ2n) is 4.59. The highest BCUT2D eigenvalue weighted by Crippen LogP contribution is 2.33. The molecule has 0 bridgehead atoms. The molecule has 100 valence electrons. The third kappa shape index (κ3) is 3.42. The predicted molar refractivity (Wildman–Crippen MR) is 82.7 cm³/mol. The summed E-state index contributed by atoms with van der Waals surface area (Å²) in [5.41, 5.74) is -0.0415.